The molecule has 0 aliphatic carbocycles. The van der Waals surface area contributed by atoms with Crippen molar-refractivity contribution in [3.63, 3.8) is 0 Å². The number of carbonyl (C=O) groups excluding carboxylic acids is 1. The van der Waals surface area contributed by atoms with Crippen molar-refractivity contribution in [2.75, 3.05) is 13.6 Å². The molecule has 11 heteroatoms. The molecule has 4 aromatic rings. The third kappa shape index (κ3) is 5.58. The molecule has 0 bridgehead atoms. The Morgan fingerprint density at radius 2 is 1.95 bits per heavy atom. The van der Waals surface area contributed by atoms with Crippen molar-refractivity contribution >= 4 is 27.5 Å². The molecule has 4 rings (SSSR count). The molecule has 0 radical (unpaired) electrons. The van der Waals surface area contributed by atoms with Gasteiger partial charge in [0.25, 0.3) is 5.91 Å². The maximum Gasteiger partial charge on any atom is 0.257 e. The second-order valence-electron chi connectivity index (χ2n) is 8.83. The quantitative estimate of drug-likeness (QED) is 0.339. The molecule has 1 atom stereocenters. The number of benzene rings is 1. The molecule has 37 heavy (non-hydrogen) atoms. The van der Waals surface area contributed by atoms with Crippen LogP contribution in [-0.4, -0.2) is 39.1 Å². The Morgan fingerprint density at radius 3 is 2.59 bits per heavy atom. The van der Waals surface area contributed by atoms with Gasteiger partial charge in [0.1, 0.15) is 11.7 Å². The summed E-state index contributed by atoms with van der Waals surface area (Å²) in [5.74, 6) is -5.02. The maximum atomic E-state index is 13.5. The lowest BCUT2D eigenvalue weighted by Gasteiger charge is -2.20. The monoisotopic (exact) mass is 530 g/mol. The molecule has 0 fully saturated rings. The minimum atomic E-state index is -1.59. The molecule has 1 aromatic carbocycles. The number of aryl methyl sites for hydroxylation is 2. The van der Waals surface area contributed by atoms with Crippen LogP contribution in [0.2, 0.25) is 0 Å². The lowest BCUT2D eigenvalue weighted by Crippen LogP contribution is -2.29. The van der Waals surface area contributed by atoms with E-state index in [0.717, 1.165) is 22.6 Å². The second-order valence-corrected chi connectivity index (χ2v) is 9.94. The second kappa shape index (κ2) is 10.8. The number of rotatable bonds is 8. The van der Waals surface area contributed by atoms with Gasteiger partial charge in [-0.25, -0.2) is 13.2 Å². The van der Waals surface area contributed by atoms with Crippen LogP contribution < -0.4 is 10.7 Å². The molecule has 0 saturated heterocycles. The number of likely N-dealkylation sites (N-methyl/N-ethyl adjacent to an activating group) is 1. The molecule has 1 amide bonds. The highest BCUT2D eigenvalue weighted by molar-refractivity contribution is 7.19. The van der Waals surface area contributed by atoms with Gasteiger partial charge in [-0.1, -0.05) is 6.07 Å². The Bertz CT molecular complexity index is 1500. The summed E-state index contributed by atoms with van der Waals surface area (Å²) in [6, 6.07) is 6.91. The summed E-state index contributed by atoms with van der Waals surface area (Å²) < 4.78 is 42.2. The average molecular weight is 531 g/mol. The number of hydrogen-bond acceptors (Lipinski definition) is 6. The van der Waals surface area contributed by atoms with E-state index in [1.807, 2.05) is 18.9 Å². The minimum Gasteiger partial charge on any atom is -0.385 e. The third-order valence-electron chi connectivity index (χ3n) is 6.01. The van der Waals surface area contributed by atoms with Crippen molar-refractivity contribution in [1.82, 2.24) is 19.8 Å². The van der Waals surface area contributed by atoms with Crippen LogP contribution in [0.15, 0.2) is 47.5 Å². The number of amides is 1. The number of thiophene rings is 1. The van der Waals surface area contributed by atoms with Crippen LogP contribution in [0.5, 0.6) is 0 Å². The first kappa shape index (κ1) is 26.5. The average Bonchev–Trinajstić information content (AvgIpc) is 3.20. The fourth-order valence-corrected chi connectivity index (χ4v) is 5.52. The summed E-state index contributed by atoms with van der Waals surface area (Å²) in [4.78, 5) is 33.0. The lowest BCUT2D eigenvalue weighted by molar-refractivity contribution is 0.0949. The zero-order chi connectivity index (χ0) is 26.9. The van der Waals surface area contributed by atoms with Gasteiger partial charge in [0.15, 0.2) is 17.5 Å². The van der Waals surface area contributed by atoms with E-state index in [0.29, 0.717) is 29.0 Å². The molecule has 194 valence electrons. The summed E-state index contributed by atoms with van der Waals surface area (Å²) in [6.45, 7) is 2.41. The molecule has 0 spiro atoms. The van der Waals surface area contributed by atoms with E-state index in [9.17, 15) is 27.9 Å². The first-order valence-corrected chi connectivity index (χ1v) is 12.2. The number of nitrogens with one attached hydrogen (secondary N) is 1. The Labute approximate surface area is 214 Å². The molecular weight excluding hydrogens is 505 g/mol. The SMILES string of the molecule is Cc1c(CN(C)CC(O)c2ccccn2)sc2c(=O)c(C(=O)NCc3cc(F)c(F)c(F)c3)cn(C)c12. The smallest absolute Gasteiger partial charge is 0.257 e. The first-order valence-electron chi connectivity index (χ1n) is 11.4. The van der Waals surface area contributed by atoms with Crippen LogP contribution in [0.4, 0.5) is 13.2 Å². The van der Waals surface area contributed by atoms with Gasteiger partial charge >= 0.3 is 0 Å². The highest BCUT2D eigenvalue weighted by atomic mass is 32.1. The third-order valence-corrected chi connectivity index (χ3v) is 7.27. The summed E-state index contributed by atoms with van der Waals surface area (Å²) in [5, 5.41) is 12.9. The van der Waals surface area contributed by atoms with Crippen LogP contribution in [0.1, 0.15) is 38.2 Å². The van der Waals surface area contributed by atoms with Crippen molar-refractivity contribution in [2.45, 2.75) is 26.1 Å². The number of aliphatic hydroxyl groups is 1. The van der Waals surface area contributed by atoms with Crippen LogP contribution in [-0.2, 0) is 20.1 Å². The first-order chi connectivity index (χ1) is 17.6. The van der Waals surface area contributed by atoms with Crippen LogP contribution in [0, 0.1) is 24.4 Å². The number of nitrogens with zero attached hydrogens (tertiary/aromatic N) is 3. The van der Waals surface area contributed by atoms with E-state index >= 15 is 0 Å². The molecule has 0 saturated carbocycles. The molecule has 2 N–H and O–H groups in total. The topological polar surface area (TPSA) is 87.5 Å². The fourth-order valence-electron chi connectivity index (χ4n) is 4.14. The summed E-state index contributed by atoms with van der Waals surface area (Å²) in [6.07, 6.45) is 2.27. The van der Waals surface area contributed by atoms with Crippen molar-refractivity contribution in [2.24, 2.45) is 7.05 Å². The van der Waals surface area contributed by atoms with Gasteiger partial charge in [0.05, 0.1) is 15.9 Å². The molecule has 1 unspecified atom stereocenters. The molecule has 0 aliphatic rings. The molecule has 3 heterocycles. The Hall–Kier alpha value is -3.54. The highest BCUT2D eigenvalue weighted by Gasteiger charge is 2.21. The normalized spacial score (nSPS) is 12.3. The van der Waals surface area contributed by atoms with Gasteiger partial charge in [0.2, 0.25) is 5.43 Å². The highest BCUT2D eigenvalue weighted by Crippen LogP contribution is 2.30. The predicted molar refractivity (Wildman–Crippen MR) is 135 cm³/mol. The number of fused-ring (bicyclic) bond motifs is 1. The van der Waals surface area contributed by atoms with Crippen molar-refractivity contribution < 1.29 is 23.1 Å². The zero-order valence-corrected chi connectivity index (χ0v) is 21.2. The summed E-state index contributed by atoms with van der Waals surface area (Å²) >= 11 is 1.27. The van der Waals surface area contributed by atoms with Gasteiger partial charge in [-0.2, -0.15) is 0 Å². The zero-order valence-electron chi connectivity index (χ0n) is 20.4. The Balaban J connectivity index is 1.54. The summed E-state index contributed by atoms with van der Waals surface area (Å²) in [5.41, 5.74) is 1.60. The predicted octanol–water partition coefficient (Wildman–Crippen LogP) is 3.82. The van der Waals surface area contributed by atoms with Gasteiger partial charge in [-0.3, -0.25) is 19.5 Å². The van der Waals surface area contributed by atoms with Crippen molar-refractivity contribution in [3.8, 4) is 0 Å². The lowest BCUT2D eigenvalue weighted by atomic mass is 10.1. The van der Waals surface area contributed by atoms with Crippen molar-refractivity contribution in [3.05, 3.63) is 97.7 Å². The number of hydrogen-bond donors (Lipinski definition) is 2. The molecule has 3 aromatic heterocycles. The standard InChI is InChI=1S/C26H25F3N4O3S/c1-14-21(13-32(2)12-20(34)19-6-4-5-7-30-19)37-25-23(14)33(3)11-16(24(25)35)26(36)31-10-15-8-17(27)22(29)18(28)9-15/h4-9,11,20,34H,10,12-13H2,1-3H3,(H,31,36). The number of pyridine rings is 2. The van der Waals surface area contributed by atoms with Crippen LogP contribution in [0.25, 0.3) is 10.2 Å². The maximum absolute atomic E-state index is 13.5. The van der Waals surface area contributed by atoms with E-state index in [1.165, 1.54) is 17.5 Å². The number of aromatic nitrogens is 2. The molecular formula is C26H25F3N4O3S. The fraction of sp³-hybridized carbons (Fsp3) is 0.269. The van der Waals surface area contributed by atoms with Gasteiger partial charge < -0.3 is 15.0 Å². The van der Waals surface area contributed by atoms with E-state index in [4.69, 9.17) is 0 Å². The largest absolute Gasteiger partial charge is 0.385 e. The van der Waals surface area contributed by atoms with E-state index in [-0.39, 0.29) is 17.7 Å². The number of halogens is 3. The van der Waals surface area contributed by atoms with E-state index in [1.54, 1.807) is 36.0 Å². The van der Waals surface area contributed by atoms with Crippen LogP contribution >= 0.6 is 11.3 Å². The van der Waals surface area contributed by atoms with Gasteiger partial charge in [-0.05, 0) is 49.4 Å². The van der Waals surface area contributed by atoms with Gasteiger partial charge in [-0.15, -0.1) is 11.3 Å². The Kier molecular flexibility index (Phi) is 7.76. The number of aliphatic hydroxyl groups excluding tert-OH is 1. The molecule has 7 nitrogen and oxygen atoms in total. The van der Waals surface area contributed by atoms with Crippen molar-refractivity contribution in [1.29, 1.82) is 0 Å². The number of carbonyl (C=O) groups is 1. The molecule has 0 aliphatic heterocycles. The summed E-state index contributed by atoms with van der Waals surface area (Å²) in [7, 11) is 3.58. The minimum absolute atomic E-state index is 0.0211. The Morgan fingerprint density at radius 1 is 1.24 bits per heavy atom. The van der Waals surface area contributed by atoms with E-state index in [2.05, 4.69) is 10.3 Å². The van der Waals surface area contributed by atoms with Crippen LogP contribution in [0.3, 0.4) is 0 Å². The van der Waals surface area contributed by atoms with Gasteiger partial charge in [0, 0.05) is 44.0 Å². The van der Waals surface area contributed by atoms with E-state index < -0.39 is 34.9 Å².